The van der Waals surface area contributed by atoms with Crippen molar-refractivity contribution >= 4 is 18.9 Å². The van der Waals surface area contributed by atoms with Crippen LogP contribution in [0.1, 0.15) is 18.4 Å². The van der Waals surface area contributed by atoms with Crippen LogP contribution in [0.2, 0.25) is 0 Å². The van der Waals surface area contributed by atoms with Gasteiger partial charge in [-0.15, -0.1) is 0 Å². The third-order valence-corrected chi connectivity index (χ3v) is 3.38. The van der Waals surface area contributed by atoms with E-state index in [1.54, 1.807) is 11.3 Å². The van der Waals surface area contributed by atoms with E-state index in [1.807, 2.05) is 11.4 Å². The molecular formula is C8H13O3PS. The van der Waals surface area contributed by atoms with Crippen molar-refractivity contribution in [2.45, 2.75) is 19.3 Å². The number of unbranched alkanes of at least 4 members (excludes halogenated alkanes) is 1. The Morgan fingerprint density at radius 1 is 1.38 bits per heavy atom. The zero-order valence-corrected chi connectivity index (χ0v) is 8.93. The van der Waals surface area contributed by atoms with Gasteiger partial charge in [-0.1, -0.05) is 0 Å². The Morgan fingerprint density at radius 2 is 2.15 bits per heavy atom. The summed E-state index contributed by atoms with van der Waals surface area (Å²) in [5, 5.41) is 4.08. The predicted molar refractivity (Wildman–Crippen MR) is 54.2 cm³/mol. The summed E-state index contributed by atoms with van der Waals surface area (Å²) in [6, 6.07) is 2.04. The lowest BCUT2D eigenvalue weighted by molar-refractivity contribution is 0.371. The maximum Gasteiger partial charge on any atom is 0.325 e. The predicted octanol–water partition coefficient (Wildman–Crippen LogP) is 2.25. The summed E-state index contributed by atoms with van der Waals surface area (Å²) in [6.45, 7) is 0. The van der Waals surface area contributed by atoms with Crippen LogP contribution in [0.25, 0.3) is 0 Å². The second-order valence-corrected chi connectivity index (χ2v) is 5.53. The Bertz CT molecular complexity index is 278. The van der Waals surface area contributed by atoms with Crippen molar-refractivity contribution in [1.29, 1.82) is 0 Å². The quantitative estimate of drug-likeness (QED) is 0.591. The first-order valence-corrected chi connectivity index (χ1v) is 6.87. The Balaban J connectivity index is 2.12. The van der Waals surface area contributed by atoms with E-state index in [1.165, 1.54) is 5.56 Å². The fourth-order valence-corrected chi connectivity index (χ4v) is 2.42. The minimum Gasteiger partial charge on any atom is -0.324 e. The maximum absolute atomic E-state index is 10.5. The van der Waals surface area contributed by atoms with Crippen LogP contribution < -0.4 is 0 Å². The number of thiophene rings is 1. The van der Waals surface area contributed by atoms with Gasteiger partial charge >= 0.3 is 7.60 Å². The highest BCUT2D eigenvalue weighted by molar-refractivity contribution is 7.51. The molecule has 0 atom stereocenters. The molecule has 1 aromatic rings. The van der Waals surface area contributed by atoms with Crippen LogP contribution in [0.3, 0.4) is 0 Å². The van der Waals surface area contributed by atoms with Crippen molar-refractivity contribution in [2.24, 2.45) is 0 Å². The fraction of sp³-hybridized carbons (Fsp3) is 0.500. The van der Waals surface area contributed by atoms with Gasteiger partial charge in [0.15, 0.2) is 0 Å². The lowest BCUT2D eigenvalue weighted by Crippen LogP contribution is -1.89. The second kappa shape index (κ2) is 4.91. The third kappa shape index (κ3) is 5.21. The summed E-state index contributed by atoms with van der Waals surface area (Å²) >= 11 is 1.65. The molecule has 0 spiro atoms. The van der Waals surface area contributed by atoms with E-state index in [9.17, 15) is 4.57 Å². The molecule has 3 nitrogen and oxygen atoms in total. The molecule has 1 rings (SSSR count). The molecule has 0 fully saturated rings. The number of rotatable bonds is 5. The summed E-state index contributed by atoms with van der Waals surface area (Å²) in [4.78, 5) is 17.2. The van der Waals surface area contributed by atoms with Crippen molar-refractivity contribution in [3.05, 3.63) is 22.4 Å². The SMILES string of the molecule is O=P(O)(O)CCCCc1ccsc1. The fourth-order valence-electron chi connectivity index (χ4n) is 1.08. The van der Waals surface area contributed by atoms with Crippen LogP contribution in [0.5, 0.6) is 0 Å². The van der Waals surface area contributed by atoms with Gasteiger partial charge in [0.25, 0.3) is 0 Å². The first-order valence-electron chi connectivity index (χ1n) is 4.13. The van der Waals surface area contributed by atoms with Crippen molar-refractivity contribution in [3.63, 3.8) is 0 Å². The highest BCUT2D eigenvalue weighted by Crippen LogP contribution is 2.35. The van der Waals surface area contributed by atoms with E-state index in [-0.39, 0.29) is 6.16 Å². The van der Waals surface area contributed by atoms with E-state index < -0.39 is 7.60 Å². The van der Waals surface area contributed by atoms with Crippen LogP contribution in [-0.2, 0) is 11.0 Å². The Labute approximate surface area is 81.6 Å². The lowest BCUT2D eigenvalue weighted by atomic mass is 10.2. The first kappa shape index (κ1) is 10.9. The molecular weight excluding hydrogens is 207 g/mol. The Morgan fingerprint density at radius 3 is 2.69 bits per heavy atom. The molecule has 0 saturated heterocycles. The smallest absolute Gasteiger partial charge is 0.324 e. The van der Waals surface area contributed by atoms with E-state index in [2.05, 4.69) is 5.38 Å². The molecule has 0 amide bonds. The zero-order chi connectivity index (χ0) is 9.73. The molecule has 0 unspecified atom stereocenters. The van der Waals surface area contributed by atoms with Crippen molar-refractivity contribution in [1.82, 2.24) is 0 Å². The van der Waals surface area contributed by atoms with Crippen LogP contribution in [0.15, 0.2) is 16.8 Å². The Kier molecular flexibility index (Phi) is 4.13. The van der Waals surface area contributed by atoms with Gasteiger partial charge in [-0.25, -0.2) is 0 Å². The van der Waals surface area contributed by atoms with Crippen LogP contribution in [0, 0.1) is 0 Å². The van der Waals surface area contributed by atoms with Crippen molar-refractivity contribution in [3.8, 4) is 0 Å². The highest BCUT2D eigenvalue weighted by Gasteiger charge is 2.11. The largest absolute Gasteiger partial charge is 0.325 e. The molecule has 5 heteroatoms. The third-order valence-electron chi connectivity index (χ3n) is 1.74. The van der Waals surface area contributed by atoms with Gasteiger partial charge in [-0.3, -0.25) is 4.57 Å². The molecule has 13 heavy (non-hydrogen) atoms. The summed E-state index contributed by atoms with van der Waals surface area (Å²) < 4.78 is 10.5. The average Bonchev–Trinajstić information content (AvgIpc) is 2.48. The molecule has 0 aromatic carbocycles. The van der Waals surface area contributed by atoms with Gasteiger partial charge in [-0.2, -0.15) is 11.3 Å². The topological polar surface area (TPSA) is 57.5 Å². The van der Waals surface area contributed by atoms with Crippen molar-refractivity contribution < 1.29 is 14.4 Å². The number of hydrogen-bond donors (Lipinski definition) is 2. The Hall–Kier alpha value is -0.150. The standard InChI is InChI=1S/C8H13O3PS/c9-12(10,11)5-2-1-3-8-4-6-13-7-8/h4,6-7H,1-3,5H2,(H2,9,10,11). The molecule has 74 valence electrons. The highest BCUT2D eigenvalue weighted by atomic mass is 32.1. The van der Waals surface area contributed by atoms with Crippen LogP contribution >= 0.6 is 18.9 Å². The molecule has 0 saturated carbocycles. The lowest BCUT2D eigenvalue weighted by Gasteiger charge is -2.02. The summed E-state index contributed by atoms with van der Waals surface area (Å²) in [6.07, 6.45) is 2.38. The minimum atomic E-state index is -3.77. The van der Waals surface area contributed by atoms with E-state index >= 15 is 0 Å². The second-order valence-electron chi connectivity index (χ2n) is 2.98. The molecule has 0 radical (unpaired) electrons. The normalized spacial score (nSPS) is 11.8. The molecule has 0 aliphatic rings. The molecule has 0 aliphatic heterocycles. The molecule has 1 heterocycles. The van der Waals surface area contributed by atoms with Crippen LogP contribution in [0.4, 0.5) is 0 Å². The van der Waals surface area contributed by atoms with Gasteiger partial charge in [0, 0.05) is 6.16 Å². The van der Waals surface area contributed by atoms with Gasteiger partial charge < -0.3 is 9.79 Å². The maximum atomic E-state index is 10.5. The van der Waals surface area contributed by atoms with Gasteiger partial charge in [0.05, 0.1) is 0 Å². The van der Waals surface area contributed by atoms with Crippen LogP contribution in [-0.4, -0.2) is 15.9 Å². The molecule has 0 aliphatic carbocycles. The minimum absolute atomic E-state index is 0.0110. The summed E-state index contributed by atoms with van der Waals surface area (Å²) in [5.41, 5.74) is 1.26. The molecule has 1 aromatic heterocycles. The number of hydrogen-bond acceptors (Lipinski definition) is 2. The molecule has 2 N–H and O–H groups in total. The monoisotopic (exact) mass is 220 g/mol. The summed E-state index contributed by atoms with van der Waals surface area (Å²) in [7, 11) is -3.77. The van der Waals surface area contributed by atoms with Gasteiger partial charge in [0.1, 0.15) is 0 Å². The summed E-state index contributed by atoms with van der Waals surface area (Å²) in [5.74, 6) is 0. The first-order chi connectivity index (χ1) is 6.08. The molecule has 0 bridgehead atoms. The van der Waals surface area contributed by atoms with Crippen molar-refractivity contribution in [2.75, 3.05) is 6.16 Å². The van der Waals surface area contributed by atoms with Gasteiger partial charge in [0.2, 0.25) is 0 Å². The van der Waals surface area contributed by atoms with E-state index in [4.69, 9.17) is 9.79 Å². The van der Waals surface area contributed by atoms with E-state index in [0.29, 0.717) is 6.42 Å². The van der Waals surface area contributed by atoms with Gasteiger partial charge in [-0.05, 0) is 41.7 Å². The average molecular weight is 220 g/mol. The number of aryl methyl sites for hydroxylation is 1. The zero-order valence-electron chi connectivity index (χ0n) is 7.22. The van der Waals surface area contributed by atoms with E-state index in [0.717, 1.165) is 12.8 Å².